The van der Waals surface area contributed by atoms with E-state index in [1.165, 1.54) is 0 Å². The molecule has 0 radical (unpaired) electrons. The summed E-state index contributed by atoms with van der Waals surface area (Å²) in [6.45, 7) is 5.99. The number of hydrogen-bond donors (Lipinski definition) is 1. The maximum atomic E-state index is 11.9. The van der Waals surface area contributed by atoms with Crippen molar-refractivity contribution < 1.29 is 14.3 Å². The minimum absolute atomic E-state index is 0.0243. The van der Waals surface area contributed by atoms with Crippen LogP contribution in [0.1, 0.15) is 32.8 Å². The van der Waals surface area contributed by atoms with Crippen molar-refractivity contribution in [3.8, 4) is 0 Å². The lowest BCUT2D eigenvalue weighted by molar-refractivity contribution is -0.135. The van der Waals surface area contributed by atoms with Crippen LogP contribution in [0.4, 0.5) is 0 Å². The van der Waals surface area contributed by atoms with Gasteiger partial charge in [0.2, 0.25) is 5.91 Å². The van der Waals surface area contributed by atoms with E-state index in [1.807, 2.05) is 51.1 Å². The third-order valence-corrected chi connectivity index (χ3v) is 3.04. The number of nitrogens with one attached hydrogen (secondary N) is 1. The Kier molecular flexibility index (Phi) is 6.94. The van der Waals surface area contributed by atoms with E-state index in [9.17, 15) is 9.59 Å². The maximum absolute atomic E-state index is 11.9. The predicted molar refractivity (Wildman–Crippen MR) is 78.2 cm³/mol. The monoisotopic (exact) mass is 277 g/mol. The van der Waals surface area contributed by atoms with Crippen LogP contribution in [0, 0.1) is 5.92 Å². The molecule has 1 aromatic carbocycles. The van der Waals surface area contributed by atoms with Crippen molar-refractivity contribution in [1.82, 2.24) is 5.32 Å². The first-order valence-corrected chi connectivity index (χ1v) is 7.00. The van der Waals surface area contributed by atoms with Gasteiger partial charge in [-0.25, -0.2) is 0 Å². The number of carbonyl (C=O) groups excluding carboxylic acids is 2. The summed E-state index contributed by atoms with van der Waals surface area (Å²) in [6, 6.07) is 9.70. The molecular weight excluding hydrogens is 254 g/mol. The van der Waals surface area contributed by atoms with Crippen LogP contribution in [0.15, 0.2) is 30.3 Å². The van der Waals surface area contributed by atoms with Gasteiger partial charge in [-0.1, -0.05) is 51.1 Å². The van der Waals surface area contributed by atoms with Crippen molar-refractivity contribution in [3.05, 3.63) is 35.9 Å². The second kappa shape index (κ2) is 8.48. The zero-order valence-electron chi connectivity index (χ0n) is 12.4. The lowest BCUT2D eigenvalue weighted by Gasteiger charge is -2.16. The van der Waals surface area contributed by atoms with Gasteiger partial charge in [-0.15, -0.1) is 0 Å². The first-order valence-electron chi connectivity index (χ1n) is 7.00. The molecule has 0 heterocycles. The van der Waals surface area contributed by atoms with Gasteiger partial charge in [0, 0.05) is 5.92 Å². The van der Waals surface area contributed by atoms with Gasteiger partial charge in [-0.05, 0) is 12.0 Å². The predicted octanol–water partition coefficient (Wildman–Crippen LogP) is 2.32. The summed E-state index contributed by atoms with van der Waals surface area (Å²) in [4.78, 5) is 23.4. The zero-order chi connectivity index (χ0) is 15.0. The fourth-order valence-electron chi connectivity index (χ4n) is 1.64. The molecule has 1 atom stereocenters. The van der Waals surface area contributed by atoms with Gasteiger partial charge in [0.1, 0.15) is 6.10 Å². The molecule has 0 bridgehead atoms. The fraction of sp³-hybridized carbons (Fsp3) is 0.500. The van der Waals surface area contributed by atoms with Gasteiger partial charge in [0.15, 0.2) is 5.78 Å². The highest BCUT2D eigenvalue weighted by Crippen LogP contribution is 2.06. The molecule has 0 saturated carbocycles. The Labute approximate surface area is 120 Å². The Balaban J connectivity index is 2.41. The molecule has 1 unspecified atom stereocenters. The summed E-state index contributed by atoms with van der Waals surface area (Å²) in [6.07, 6.45) is 0.0596. The largest absolute Gasteiger partial charge is 0.364 e. The van der Waals surface area contributed by atoms with Gasteiger partial charge >= 0.3 is 0 Å². The minimum atomic E-state index is -0.518. The van der Waals surface area contributed by atoms with E-state index >= 15 is 0 Å². The molecule has 0 spiro atoms. The van der Waals surface area contributed by atoms with Crippen molar-refractivity contribution in [2.45, 2.75) is 39.9 Å². The molecule has 1 rings (SSSR count). The van der Waals surface area contributed by atoms with Gasteiger partial charge in [-0.3, -0.25) is 9.59 Å². The standard InChI is InChI=1S/C16H23NO3/c1-4-15(16(19)17-10-14(18)12(2)3)20-11-13-8-6-5-7-9-13/h5-9,12,15H,4,10-11H2,1-3H3,(H,17,19). The van der Waals surface area contributed by atoms with Crippen LogP contribution in [0.3, 0.4) is 0 Å². The number of amides is 1. The third kappa shape index (κ3) is 5.53. The van der Waals surface area contributed by atoms with Gasteiger partial charge in [0.25, 0.3) is 0 Å². The van der Waals surface area contributed by atoms with Crippen LogP contribution in [-0.4, -0.2) is 24.3 Å². The molecule has 0 saturated heterocycles. The molecule has 1 aromatic rings. The average Bonchev–Trinajstić information content (AvgIpc) is 2.46. The summed E-state index contributed by atoms with van der Waals surface area (Å²) < 4.78 is 5.61. The summed E-state index contributed by atoms with van der Waals surface area (Å²) in [5.74, 6) is -0.269. The second-order valence-electron chi connectivity index (χ2n) is 5.03. The summed E-state index contributed by atoms with van der Waals surface area (Å²) in [7, 11) is 0. The molecule has 0 aliphatic rings. The Morgan fingerprint density at radius 2 is 1.85 bits per heavy atom. The molecule has 110 valence electrons. The molecule has 1 amide bonds. The van der Waals surface area contributed by atoms with Crippen LogP contribution in [0.25, 0.3) is 0 Å². The van der Waals surface area contributed by atoms with Crippen molar-refractivity contribution in [2.24, 2.45) is 5.92 Å². The topological polar surface area (TPSA) is 55.4 Å². The first-order chi connectivity index (χ1) is 9.54. The molecule has 20 heavy (non-hydrogen) atoms. The Bertz CT molecular complexity index is 429. The van der Waals surface area contributed by atoms with Crippen LogP contribution < -0.4 is 5.32 Å². The lowest BCUT2D eigenvalue weighted by Crippen LogP contribution is -2.39. The molecule has 4 nitrogen and oxygen atoms in total. The molecule has 1 N–H and O–H groups in total. The quantitative estimate of drug-likeness (QED) is 0.793. The summed E-state index contributed by atoms with van der Waals surface area (Å²) >= 11 is 0. The van der Waals surface area contributed by atoms with Gasteiger partial charge < -0.3 is 10.1 Å². The van der Waals surface area contributed by atoms with Crippen molar-refractivity contribution in [1.29, 1.82) is 0 Å². The fourth-order valence-corrected chi connectivity index (χ4v) is 1.64. The smallest absolute Gasteiger partial charge is 0.249 e. The number of carbonyl (C=O) groups is 2. The van der Waals surface area contributed by atoms with Crippen LogP contribution in [0.2, 0.25) is 0 Å². The van der Waals surface area contributed by atoms with E-state index < -0.39 is 6.10 Å². The number of hydrogen-bond acceptors (Lipinski definition) is 3. The van der Waals surface area contributed by atoms with Crippen LogP contribution in [0.5, 0.6) is 0 Å². The highest BCUT2D eigenvalue weighted by atomic mass is 16.5. The first kappa shape index (κ1) is 16.4. The number of benzene rings is 1. The zero-order valence-corrected chi connectivity index (χ0v) is 12.4. The van der Waals surface area contributed by atoms with Crippen molar-refractivity contribution in [2.75, 3.05) is 6.54 Å². The maximum Gasteiger partial charge on any atom is 0.249 e. The molecule has 0 aliphatic heterocycles. The van der Waals surface area contributed by atoms with E-state index in [4.69, 9.17) is 4.74 Å². The molecule has 0 fully saturated rings. The minimum Gasteiger partial charge on any atom is -0.364 e. The van der Waals surface area contributed by atoms with Crippen molar-refractivity contribution in [3.63, 3.8) is 0 Å². The number of Topliss-reactive ketones (excluding diaryl/α,β-unsaturated/α-hetero) is 1. The Hall–Kier alpha value is -1.68. The van der Waals surface area contributed by atoms with Gasteiger partial charge in [-0.2, -0.15) is 0 Å². The third-order valence-electron chi connectivity index (χ3n) is 3.04. The Morgan fingerprint density at radius 1 is 1.20 bits per heavy atom. The molecule has 4 heteroatoms. The SMILES string of the molecule is CCC(OCc1ccccc1)C(=O)NCC(=O)C(C)C. The van der Waals surface area contributed by atoms with E-state index in [-0.39, 0.29) is 24.2 Å². The van der Waals surface area contributed by atoms with E-state index in [0.29, 0.717) is 13.0 Å². The molecule has 0 aliphatic carbocycles. The number of ether oxygens (including phenoxy) is 1. The van der Waals surface area contributed by atoms with Crippen LogP contribution >= 0.6 is 0 Å². The average molecular weight is 277 g/mol. The molecular formula is C16H23NO3. The molecule has 0 aromatic heterocycles. The highest BCUT2D eigenvalue weighted by Gasteiger charge is 2.18. The van der Waals surface area contributed by atoms with Gasteiger partial charge in [0.05, 0.1) is 13.2 Å². The normalized spacial score (nSPS) is 12.2. The van der Waals surface area contributed by atoms with E-state index in [0.717, 1.165) is 5.56 Å². The lowest BCUT2D eigenvalue weighted by atomic mass is 10.1. The number of ketones is 1. The van der Waals surface area contributed by atoms with E-state index in [2.05, 4.69) is 5.32 Å². The Morgan fingerprint density at radius 3 is 2.40 bits per heavy atom. The summed E-state index contributed by atoms with van der Waals surface area (Å²) in [5, 5.41) is 2.64. The number of rotatable bonds is 8. The highest BCUT2D eigenvalue weighted by molar-refractivity contribution is 5.88. The van der Waals surface area contributed by atoms with Crippen molar-refractivity contribution >= 4 is 11.7 Å². The van der Waals surface area contributed by atoms with Crippen LogP contribution in [-0.2, 0) is 20.9 Å². The summed E-state index contributed by atoms with van der Waals surface area (Å²) in [5.41, 5.74) is 1.03. The second-order valence-corrected chi connectivity index (χ2v) is 5.03. The van der Waals surface area contributed by atoms with E-state index in [1.54, 1.807) is 0 Å².